The van der Waals surface area contributed by atoms with Crippen LogP contribution >= 0.6 is 0 Å². The van der Waals surface area contributed by atoms with Gasteiger partial charge in [0.1, 0.15) is 6.10 Å². The van der Waals surface area contributed by atoms with Crippen molar-refractivity contribution in [3.05, 3.63) is 39.9 Å². The van der Waals surface area contributed by atoms with Crippen molar-refractivity contribution in [2.75, 3.05) is 0 Å². The van der Waals surface area contributed by atoms with Crippen molar-refractivity contribution in [1.82, 2.24) is 0 Å². The molecule has 0 aromatic heterocycles. The fourth-order valence-corrected chi connectivity index (χ4v) is 1.98. The first kappa shape index (κ1) is 12.5. The van der Waals surface area contributed by atoms with Crippen LogP contribution in [0, 0.1) is 10.1 Å². The molecule has 5 heteroatoms. The molecule has 1 aromatic rings. The topological polar surface area (TPSA) is 64.7 Å². The average molecular weight is 248 g/mol. The lowest BCUT2D eigenvalue weighted by atomic mass is 10.0. The van der Waals surface area contributed by atoms with E-state index in [0.29, 0.717) is 0 Å². The van der Waals surface area contributed by atoms with Crippen LogP contribution in [0.15, 0.2) is 29.4 Å². The Balaban J connectivity index is 2.05. The highest BCUT2D eigenvalue weighted by atomic mass is 16.6. The van der Waals surface area contributed by atoms with Crippen LogP contribution in [-0.2, 0) is 4.84 Å². The normalized spacial score (nSPS) is 18.3. The molecule has 0 amide bonds. The second-order valence-corrected chi connectivity index (χ2v) is 4.42. The standard InChI is InChI=1S/C13H16N2O3/c1-2-3-7-12-9-13(14-18-12)10-5-4-6-11(8-10)15(16)17/h4-6,8,12H,2-3,7,9H2,1H3. The number of nitro groups is 1. The number of oxime groups is 1. The lowest BCUT2D eigenvalue weighted by molar-refractivity contribution is -0.384. The first-order valence-corrected chi connectivity index (χ1v) is 6.18. The van der Waals surface area contributed by atoms with Crippen LogP contribution in [0.2, 0.25) is 0 Å². The third-order valence-corrected chi connectivity index (χ3v) is 3.00. The molecule has 1 aliphatic rings. The van der Waals surface area contributed by atoms with Crippen molar-refractivity contribution in [3.63, 3.8) is 0 Å². The van der Waals surface area contributed by atoms with Gasteiger partial charge in [0.25, 0.3) is 5.69 Å². The molecule has 0 saturated heterocycles. The molecule has 1 atom stereocenters. The molecule has 2 rings (SSSR count). The summed E-state index contributed by atoms with van der Waals surface area (Å²) in [6, 6.07) is 6.53. The summed E-state index contributed by atoms with van der Waals surface area (Å²) in [6.45, 7) is 2.14. The molecule has 0 bridgehead atoms. The van der Waals surface area contributed by atoms with E-state index in [9.17, 15) is 10.1 Å². The molecule has 0 N–H and O–H groups in total. The van der Waals surface area contributed by atoms with Gasteiger partial charge in [-0.1, -0.05) is 30.6 Å². The van der Waals surface area contributed by atoms with Crippen molar-refractivity contribution in [3.8, 4) is 0 Å². The number of unbranched alkanes of at least 4 members (excludes halogenated alkanes) is 1. The van der Waals surface area contributed by atoms with Gasteiger partial charge in [0, 0.05) is 24.1 Å². The third kappa shape index (κ3) is 2.85. The number of benzene rings is 1. The van der Waals surface area contributed by atoms with Gasteiger partial charge in [0.15, 0.2) is 0 Å². The van der Waals surface area contributed by atoms with Crippen molar-refractivity contribution in [2.45, 2.75) is 38.7 Å². The highest BCUT2D eigenvalue weighted by Crippen LogP contribution is 2.22. The Labute approximate surface area is 106 Å². The van der Waals surface area contributed by atoms with Crippen LogP contribution in [0.3, 0.4) is 0 Å². The van der Waals surface area contributed by atoms with Crippen LogP contribution in [0.25, 0.3) is 0 Å². The molecule has 5 nitrogen and oxygen atoms in total. The second-order valence-electron chi connectivity index (χ2n) is 4.42. The number of nitro benzene ring substituents is 1. The Bertz CT molecular complexity index is 471. The average Bonchev–Trinajstić information content (AvgIpc) is 2.85. The van der Waals surface area contributed by atoms with E-state index < -0.39 is 4.92 Å². The highest BCUT2D eigenvalue weighted by molar-refractivity contribution is 6.01. The smallest absolute Gasteiger partial charge is 0.270 e. The Hall–Kier alpha value is -1.91. The van der Waals surface area contributed by atoms with Gasteiger partial charge in [-0.25, -0.2) is 0 Å². The summed E-state index contributed by atoms with van der Waals surface area (Å²) in [4.78, 5) is 15.7. The van der Waals surface area contributed by atoms with Gasteiger partial charge < -0.3 is 4.84 Å². The summed E-state index contributed by atoms with van der Waals surface area (Å²) >= 11 is 0. The molecule has 1 aliphatic heterocycles. The van der Waals surface area contributed by atoms with E-state index in [1.165, 1.54) is 6.07 Å². The molecule has 96 valence electrons. The predicted molar refractivity (Wildman–Crippen MR) is 68.6 cm³/mol. The summed E-state index contributed by atoms with van der Waals surface area (Å²) < 4.78 is 0. The van der Waals surface area contributed by atoms with Gasteiger partial charge in [0.05, 0.1) is 10.6 Å². The Morgan fingerprint density at radius 2 is 2.39 bits per heavy atom. The zero-order chi connectivity index (χ0) is 13.0. The fourth-order valence-electron chi connectivity index (χ4n) is 1.98. The van der Waals surface area contributed by atoms with Crippen LogP contribution in [0.1, 0.15) is 38.2 Å². The molecule has 1 heterocycles. The maximum absolute atomic E-state index is 10.7. The first-order valence-electron chi connectivity index (χ1n) is 6.18. The summed E-state index contributed by atoms with van der Waals surface area (Å²) in [6.07, 6.45) is 4.09. The van der Waals surface area contributed by atoms with E-state index in [0.717, 1.165) is 37.0 Å². The molecule has 1 unspecified atom stereocenters. The molecular weight excluding hydrogens is 232 g/mol. The van der Waals surface area contributed by atoms with Crippen LogP contribution in [-0.4, -0.2) is 16.7 Å². The summed E-state index contributed by atoms with van der Waals surface area (Å²) in [5.41, 5.74) is 1.68. The second kappa shape index (κ2) is 5.62. The summed E-state index contributed by atoms with van der Waals surface area (Å²) in [7, 11) is 0. The van der Waals surface area contributed by atoms with Crippen LogP contribution in [0.5, 0.6) is 0 Å². The van der Waals surface area contributed by atoms with Gasteiger partial charge in [-0.15, -0.1) is 0 Å². The summed E-state index contributed by atoms with van der Waals surface area (Å²) in [5, 5.41) is 14.7. The van der Waals surface area contributed by atoms with E-state index in [2.05, 4.69) is 12.1 Å². The number of non-ortho nitro benzene ring substituents is 1. The highest BCUT2D eigenvalue weighted by Gasteiger charge is 2.22. The molecule has 1 aromatic carbocycles. The maximum Gasteiger partial charge on any atom is 0.270 e. The van der Waals surface area contributed by atoms with Crippen molar-refractivity contribution < 1.29 is 9.76 Å². The number of hydrogen-bond donors (Lipinski definition) is 0. The molecule has 0 aliphatic carbocycles. The molecular formula is C13H16N2O3. The molecule has 0 radical (unpaired) electrons. The molecule has 18 heavy (non-hydrogen) atoms. The fraction of sp³-hybridized carbons (Fsp3) is 0.462. The van der Waals surface area contributed by atoms with Crippen LogP contribution < -0.4 is 0 Å². The first-order chi connectivity index (χ1) is 8.70. The molecule has 0 saturated carbocycles. The zero-order valence-corrected chi connectivity index (χ0v) is 10.3. The van der Waals surface area contributed by atoms with E-state index in [1.54, 1.807) is 12.1 Å². The Morgan fingerprint density at radius 3 is 3.11 bits per heavy atom. The zero-order valence-electron chi connectivity index (χ0n) is 10.3. The summed E-state index contributed by atoms with van der Waals surface area (Å²) in [5.74, 6) is 0. The van der Waals surface area contributed by atoms with E-state index >= 15 is 0 Å². The van der Waals surface area contributed by atoms with Gasteiger partial charge in [-0.2, -0.15) is 0 Å². The van der Waals surface area contributed by atoms with E-state index in [4.69, 9.17) is 4.84 Å². The largest absolute Gasteiger partial charge is 0.392 e. The maximum atomic E-state index is 10.7. The van der Waals surface area contributed by atoms with Crippen LogP contribution in [0.4, 0.5) is 5.69 Å². The lowest BCUT2D eigenvalue weighted by Crippen LogP contribution is -2.08. The van der Waals surface area contributed by atoms with Gasteiger partial charge in [-0.3, -0.25) is 10.1 Å². The Morgan fingerprint density at radius 1 is 1.56 bits per heavy atom. The monoisotopic (exact) mass is 248 g/mol. The van der Waals surface area contributed by atoms with Gasteiger partial charge in [0.2, 0.25) is 0 Å². The van der Waals surface area contributed by atoms with E-state index in [-0.39, 0.29) is 11.8 Å². The van der Waals surface area contributed by atoms with Crippen molar-refractivity contribution in [2.24, 2.45) is 5.16 Å². The number of nitrogens with zero attached hydrogens (tertiary/aromatic N) is 2. The van der Waals surface area contributed by atoms with Crippen molar-refractivity contribution in [1.29, 1.82) is 0 Å². The minimum atomic E-state index is -0.394. The van der Waals surface area contributed by atoms with Gasteiger partial charge in [-0.05, 0) is 12.8 Å². The van der Waals surface area contributed by atoms with Gasteiger partial charge >= 0.3 is 0 Å². The predicted octanol–water partition coefficient (Wildman–Crippen LogP) is 3.28. The number of rotatable bonds is 5. The quantitative estimate of drug-likeness (QED) is 0.593. The number of hydrogen-bond acceptors (Lipinski definition) is 4. The molecule has 0 spiro atoms. The van der Waals surface area contributed by atoms with Crippen molar-refractivity contribution >= 4 is 11.4 Å². The molecule has 0 fully saturated rings. The lowest BCUT2D eigenvalue weighted by Gasteiger charge is -2.05. The van der Waals surface area contributed by atoms with E-state index in [1.807, 2.05) is 6.07 Å². The Kier molecular flexibility index (Phi) is 3.92. The SMILES string of the molecule is CCCCC1CC(c2cccc([N+](=O)[O-])c2)=NO1. The minimum absolute atomic E-state index is 0.0900. The third-order valence-electron chi connectivity index (χ3n) is 3.00. The minimum Gasteiger partial charge on any atom is -0.392 e.